The molecule has 19 heavy (non-hydrogen) atoms. The molecule has 0 saturated carbocycles. The van der Waals surface area contributed by atoms with Crippen molar-refractivity contribution in [3.63, 3.8) is 0 Å². The molecule has 0 bridgehead atoms. The second kappa shape index (κ2) is 6.37. The smallest absolute Gasteiger partial charge is 0.236 e. The first-order chi connectivity index (χ1) is 9.09. The van der Waals surface area contributed by atoms with Crippen LogP contribution < -0.4 is 0 Å². The Bertz CT molecular complexity index is 416. The van der Waals surface area contributed by atoms with E-state index in [-0.39, 0.29) is 11.2 Å². The quantitative estimate of drug-likeness (QED) is 0.630. The number of nitrogens with zero attached hydrogens (tertiary/aromatic N) is 3. The van der Waals surface area contributed by atoms with Crippen LogP contribution >= 0.6 is 11.8 Å². The van der Waals surface area contributed by atoms with E-state index in [1.165, 1.54) is 18.2 Å². The van der Waals surface area contributed by atoms with Crippen molar-refractivity contribution in [2.45, 2.75) is 62.5 Å². The van der Waals surface area contributed by atoms with E-state index in [1.54, 1.807) is 18.5 Å². The molecular weight excluding hydrogens is 258 g/mol. The van der Waals surface area contributed by atoms with Crippen LogP contribution in [0, 0.1) is 0 Å². The third-order valence-corrected chi connectivity index (χ3v) is 4.60. The summed E-state index contributed by atoms with van der Waals surface area (Å²) in [6, 6.07) is 2.47. The number of piperidine rings is 1. The molecule has 2 heterocycles. The van der Waals surface area contributed by atoms with E-state index in [4.69, 9.17) is 0 Å². The number of thioether (sulfide) groups is 1. The van der Waals surface area contributed by atoms with Crippen LogP contribution in [0.4, 0.5) is 0 Å². The van der Waals surface area contributed by atoms with Gasteiger partial charge in [-0.05, 0) is 46.1 Å². The minimum atomic E-state index is -0.134. The lowest BCUT2D eigenvalue weighted by atomic mass is 9.97. The van der Waals surface area contributed by atoms with Crippen molar-refractivity contribution >= 4 is 17.7 Å². The molecule has 0 radical (unpaired) electrons. The standard InChI is InChI=1S/C14H21N3OS/c1-10-6-4-7-11(2)17(10)13(18)12(3)19-14-15-8-5-9-16-14/h5,8-12H,4,6-7H2,1-3H3. The largest absolute Gasteiger partial charge is 0.336 e. The second-order valence-corrected chi connectivity index (χ2v) is 6.47. The number of rotatable bonds is 3. The predicted octanol–water partition coefficient (Wildman–Crippen LogP) is 2.75. The number of likely N-dealkylation sites (tertiary alicyclic amines) is 1. The Balaban J connectivity index is 2.02. The highest BCUT2D eigenvalue weighted by atomic mass is 32.2. The van der Waals surface area contributed by atoms with Crippen LogP contribution in [0.25, 0.3) is 0 Å². The Morgan fingerprint density at radius 3 is 2.47 bits per heavy atom. The van der Waals surface area contributed by atoms with Gasteiger partial charge in [-0.2, -0.15) is 0 Å². The lowest BCUT2D eigenvalue weighted by Gasteiger charge is -2.40. The molecule has 1 aromatic rings. The van der Waals surface area contributed by atoms with Crippen molar-refractivity contribution in [3.8, 4) is 0 Å². The molecule has 4 nitrogen and oxygen atoms in total. The van der Waals surface area contributed by atoms with Gasteiger partial charge in [0.2, 0.25) is 5.91 Å². The van der Waals surface area contributed by atoms with Gasteiger partial charge in [-0.1, -0.05) is 11.8 Å². The van der Waals surface area contributed by atoms with E-state index in [0.717, 1.165) is 12.8 Å². The fourth-order valence-electron chi connectivity index (χ4n) is 2.62. The summed E-state index contributed by atoms with van der Waals surface area (Å²) in [5.41, 5.74) is 0. The molecule has 1 aromatic heterocycles. The van der Waals surface area contributed by atoms with Crippen LogP contribution in [0.15, 0.2) is 23.6 Å². The van der Waals surface area contributed by atoms with Crippen molar-refractivity contribution in [2.24, 2.45) is 0 Å². The van der Waals surface area contributed by atoms with Gasteiger partial charge in [0.15, 0.2) is 5.16 Å². The van der Waals surface area contributed by atoms with E-state index in [9.17, 15) is 4.79 Å². The Morgan fingerprint density at radius 2 is 1.89 bits per heavy atom. The minimum Gasteiger partial charge on any atom is -0.336 e. The van der Waals surface area contributed by atoms with E-state index >= 15 is 0 Å². The molecule has 0 aliphatic carbocycles. The maximum Gasteiger partial charge on any atom is 0.236 e. The molecule has 1 aliphatic rings. The maximum atomic E-state index is 12.6. The first-order valence-corrected chi connectivity index (χ1v) is 7.73. The summed E-state index contributed by atoms with van der Waals surface area (Å²) in [5.74, 6) is 0.206. The van der Waals surface area contributed by atoms with E-state index in [1.807, 2.05) is 11.8 Å². The summed E-state index contributed by atoms with van der Waals surface area (Å²) < 4.78 is 0. The Kier molecular flexibility index (Phi) is 4.80. The minimum absolute atomic E-state index is 0.134. The fraction of sp³-hybridized carbons (Fsp3) is 0.643. The molecule has 104 valence electrons. The highest BCUT2D eigenvalue weighted by molar-refractivity contribution is 8.00. The molecule has 0 spiro atoms. The third-order valence-electron chi connectivity index (χ3n) is 3.62. The zero-order chi connectivity index (χ0) is 13.8. The zero-order valence-electron chi connectivity index (χ0n) is 11.7. The monoisotopic (exact) mass is 279 g/mol. The van der Waals surface area contributed by atoms with Gasteiger partial charge in [0.05, 0.1) is 5.25 Å². The van der Waals surface area contributed by atoms with Gasteiger partial charge in [0.1, 0.15) is 0 Å². The van der Waals surface area contributed by atoms with Crippen LogP contribution in [0.3, 0.4) is 0 Å². The SMILES string of the molecule is CC(Sc1ncccn1)C(=O)N1C(C)CCCC1C. The number of carbonyl (C=O) groups is 1. The van der Waals surface area contributed by atoms with Crippen LogP contribution in [0.1, 0.15) is 40.0 Å². The van der Waals surface area contributed by atoms with Gasteiger partial charge >= 0.3 is 0 Å². The first kappa shape index (κ1) is 14.3. The molecule has 2 rings (SSSR count). The molecule has 1 aliphatic heterocycles. The highest BCUT2D eigenvalue weighted by Gasteiger charge is 2.32. The van der Waals surface area contributed by atoms with Crippen molar-refractivity contribution in [2.75, 3.05) is 0 Å². The topological polar surface area (TPSA) is 46.1 Å². The Labute approximate surface area is 119 Å². The lowest BCUT2D eigenvalue weighted by Crippen LogP contribution is -2.50. The van der Waals surface area contributed by atoms with Crippen molar-refractivity contribution in [1.82, 2.24) is 14.9 Å². The second-order valence-electron chi connectivity index (χ2n) is 5.17. The number of hydrogen-bond donors (Lipinski definition) is 0. The average Bonchev–Trinajstić information content (AvgIpc) is 2.39. The third kappa shape index (κ3) is 3.47. The van der Waals surface area contributed by atoms with Crippen molar-refractivity contribution in [3.05, 3.63) is 18.5 Å². The summed E-state index contributed by atoms with van der Waals surface area (Å²) in [6.07, 6.45) is 6.84. The number of hydrogen-bond acceptors (Lipinski definition) is 4. The Morgan fingerprint density at radius 1 is 1.32 bits per heavy atom. The van der Waals surface area contributed by atoms with Crippen LogP contribution in [-0.4, -0.2) is 38.1 Å². The Hall–Kier alpha value is -1.10. The summed E-state index contributed by atoms with van der Waals surface area (Å²) in [5, 5.41) is 0.533. The summed E-state index contributed by atoms with van der Waals surface area (Å²) in [4.78, 5) is 22.9. The van der Waals surface area contributed by atoms with Crippen molar-refractivity contribution in [1.29, 1.82) is 0 Å². The van der Waals surface area contributed by atoms with E-state index < -0.39 is 0 Å². The highest BCUT2D eigenvalue weighted by Crippen LogP contribution is 2.27. The van der Waals surface area contributed by atoms with Gasteiger partial charge in [0.25, 0.3) is 0 Å². The predicted molar refractivity (Wildman–Crippen MR) is 77.0 cm³/mol. The van der Waals surface area contributed by atoms with Gasteiger partial charge in [-0.25, -0.2) is 9.97 Å². The van der Waals surface area contributed by atoms with Crippen LogP contribution in [0.5, 0.6) is 0 Å². The summed E-state index contributed by atoms with van der Waals surface area (Å²) in [6.45, 7) is 6.23. The number of amides is 1. The molecule has 0 aromatic carbocycles. The summed E-state index contributed by atoms with van der Waals surface area (Å²) in [7, 11) is 0. The van der Waals surface area contributed by atoms with E-state index in [0.29, 0.717) is 17.2 Å². The molecular formula is C14H21N3OS. The molecule has 0 N–H and O–H groups in total. The molecule has 1 amide bonds. The van der Waals surface area contributed by atoms with Crippen molar-refractivity contribution < 1.29 is 4.79 Å². The fourth-order valence-corrected chi connectivity index (χ4v) is 3.40. The summed E-state index contributed by atoms with van der Waals surface area (Å²) >= 11 is 1.44. The van der Waals surface area contributed by atoms with Crippen LogP contribution in [-0.2, 0) is 4.79 Å². The zero-order valence-corrected chi connectivity index (χ0v) is 12.6. The molecule has 3 unspecified atom stereocenters. The normalized spacial score (nSPS) is 25.1. The van der Waals surface area contributed by atoms with Crippen LogP contribution in [0.2, 0.25) is 0 Å². The molecule has 1 fully saturated rings. The van der Waals surface area contributed by atoms with Gasteiger partial charge in [-0.15, -0.1) is 0 Å². The van der Waals surface area contributed by atoms with E-state index in [2.05, 4.69) is 23.8 Å². The van der Waals surface area contributed by atoms with Gasteiger partial charge < -0.3 is 4.90 Å². The average molecular weight is 279 g/mol. The first-order valence-electron chi connectivity index (χ1n) is 6.85. The number of aromatic nitrogens is 2. The number of carbonyl (C=O) groups excluding carboxylic acids is 1. The lowest BCUT2D eigenvalue weighted by molar-refractivity contribution is -0.136. The maximum absolute atomic E-state index is 12.6. The van der Waals surface area contributed by atoms with Gasteiger partial charge in [0, 0.05) is 24.5 Å². The molecule has 1 saturated heterocycles. The van der Waals surface area contributed by atoms with Gasteiger partial charge in [-0.3, -0.25) is 4.79 Å². The molecule has 3 atom stereocenters. The molecule has 5 heteroatoms.